The van der Waals surface area contributed by atoms with Crippen molar-refractivity contribution in [2.75, 3.05) is 26.2 Å². The van der Waals surface area contributed by atoms with Gasteiger partial charge in [-0.1, -0.05) is 12.8 Å². The smallest absolute Gasteiger partial charge is 0.444 e. The zero-order valence-corrected chi connectivity index (χ0v) is 16.1. The fourth-order valence-corrected chi connectivity index (χ4v) is 4.44. The molecule has 152 valence electrons. The van der Waals surface area contributed by atoms with Crippen molar-refractivity contribution in [2.45, 2.75) is 64.7 Å². The molecule has 1 aliphatic heterocycles. The highest BCUT2D eigenvalue weighted by atomic mass is 19.4. The van der Waals surface area contributed by atoms with Gasteiger partial charge in [0.15, 0.2) is 0 Å². The van der Waals surface area contributed by atoms with E-state index in [1.165, 1.54) is 0 Å². The van der Waals surface area contributed by atoms with Crippen molar-refractivity contribution in [3.63, 3.8) is 0 Å². The standard InChI is InChI=1S/C19H27F3N2O3/c1-17(2,3)27-16(26)24-10-8-23(9-11-24)13-12-18(6-4-5-7-18)14(13)15(25)19(20,21)22/h4-12H2,1-3H3. The number of rotatable bonds is 2. The molecule has 0 N–H and O–H groups in total. The second-order valence-electron chi connectivity index (χ2n) is 8.77. The van der Waals surface area contributed by atoms with Gasteiger partial charge in [0.25, 0.3) is 5.78 Å². The lowest BCUT2D eigenvalue weighted by atomic mass is 9.63. The normalized spacial score (nSPS) is 22.9. The predicted octanol–water partition coefficient (Wildman–Crippen LogP) is 3.89. The van der Waals surface area contributed by atoms with Crippen LogP contribution in [-0.4, -0.2) is 59.6 Å². The molecule has 0 aromatic carbocycles. The first-order valence-electron chi connectivity index (χ1n) is 9.51. The Hall–Kier alpha value is -1.73. The van der Waals surface area contributed by atoms with Crippen LogP contribution in [0, 0.1) is 5.41 Å². The van der Waals surface area contributed by atoms with Crippen molar-refractivity contribution in [2.24, 2.45) is 5.41 Å². The lowest BCUT2D eigenvalue weighted by Gasteiger charge is -2.49. The predicted molar refractivity (Wildman–Crippen MR) is 93.0 cm³/mol. The Morgan fingerprint density at radius 3 is 2.04 bits per heavy atom. The maximum absolute atomic E-state index is 13.2. The average molecular weight is 388 g/mol. The average Bonchev–Trinajstić information content (AvgIpc) is 3.02. The molecule has 1 amide bonds. The number of nitrogens with zero attached hydrogens (tertiary/aromatic N) is 2. The molecule has 8 heteroatoms. The molecule has 3 aliphatic rings. The van der Waals surface area contributed by atoms with Gasteiger partial charge in [-0.3, -0.25) is 4.79 Å². The number of ether oxygens (including phenoxy) is 1. The first kappa shape index (κ1) is 20.0. The van der Waals surface area contributed by atoms with E-state index >= 15 is 0 Å². The highest BCUT2D eigenvalue weighted by Gasteiger charge is 2.57. The van der Waals surface area contributed by atoms with E-state index in [1.807, 2.05) is 4.90 Å². The first-order valence-corrected chi connectivity index (χ1v) is 9.51. The number of ketones is 1. The Morgan fingerprint density at radius 2 is 1.56 bits per heavy atom. The summed E-state index contributed by atoms with van der Waals surface area (Å²) in [6.07, 6.45) is -1.66. The summed E-state index contributed by atoms with van der Waals surface area (Å²) in [6, 6.07) is 0. The van der Waals surface area contributed by atoms with Crippen LogP contribution >= 0.6 is 0 Å². The number of halogens is 3. The van der Waals surface area contributed by atoms with Crippen molar-refractivity contribution >= 4 is 11.9 Å². The quantitative estimate of drug-likeness (QED) is 0.720. The summed E-state index contributed by atoms with van der Waals surface area (Å²) < 4.78 is 44.8. The van der Waals surface area contributed by atoms with Gasteiger partial charge in [-0.2, -0.15) is 13.2 Å². The molecule has 3 rings (SSSR count). The van der Waals surface area contributed by atoms with Crippen LogP contribution in [0.1, 0.15) is 52.9 Å². The number of alkyl halides is 3. The summed E-state index contributed by atoms with van der Waals surface area (Å²) in [6.45, 7) is 6.94. The van der Waals surface area contributed by atoms with Crippen molar-refractivity contribution in [3.8, 4) is 0 Å². The summed E-state index contributed by atoms with van der Waals surface area (Å²) in [5.41, 5.74) is -0.655. The molecule has 2 aliphatic carbocycles. The highest BCUT2D eigenvalue weighted by Crippen LogP contribution is 2.59. The second kappa shape index (κ2) is 6.71. The zero-order valence-electron chi connectivity index (χ0n) is 16.1. The summed E-state index contributed by atoms with van der Waals surface area (Å²) in [7, 11) is 0. The number of amides is 1. The fraction of sp³-hybridized carbons (Fsp3) is 0.789. The Kier molecular flexibility index (Phi) is 4.97. The van der Waals surface area contributed by atoms with E-state index in [0.29, 0.717) is 51.1 Å². The molecule has 2 fully saturated rings. The van der Waals surface area contributed by atoms with Crippen molar-refractivity contribution in [3.05, 3.63) is 11.3 Å². The van der Waals surface area contributed by atoms with E-state index in [4.69, 9.17) is 4.74 Å². The molecule has 0 unspecified atom stereocenters. The maximum atomic E-state index is 13.2. The topological polar surface area (TPSA) is 49.9 Å². The SMILES string of the molecule is CC(C)(C)OC(=O)N1CCN(C2=C(C(=O)C(F)(F)F)C3(CCCC3)C2)CC1. The number of carbonyl (C=O) groups is 2. The number of allylic oxidation sites excluding steroid dienone is 2. The number of piperazine rings is 1. The molecule has 1 saturated carbocycles. The summed E-state index contributed by atoms with van der Waals surface area (Å²) in [4.78, 5) is 27.7. The monoisotopic (exact) mass is 388 g/mol. The zero-order chi connectivity index (χ0) is 20.0. The molecule has 1 heterocycles. The molecule has 1 saturated heterocycles. The molecular weight excluding hydrogens is 361 g/mol. The molecule has 0 aromatic rings. The molecule has 1 spiro atoms. The van der Waals surface area contributed by atoms with E-state index < -0.39 is 29.1 Å². The van der Waals surface area contributed by atoms with Gasteiger partial charge < -0.3 is 14.5 Å². The minimum absolute atomic E-state index is 0.0155. The van der Waals surface area contributed by atoms with E-state index in [-0.39, 0.29) is 5.57 Å². The highest BCUT2D eigenvalue weighted by molar-refractivity contribution is 6.03. The van der Waals surface area contributed by atoms with Crippen LogP contribution in [0.4, 0.5) is 18.0 Å². The van der Waals surface area contributed by atoms with Crippen LogP contribution in [0.2, 0.25) is 0 Å². The lowest BCUT2D eigenvalue weighted by Crippen LogP contribution is -2.53. The largest absolute Gasteiger partial charge is 0.454 e. The van der Waals surface area contributed by atoms with E-state index in [0.717, 1.165) is 12.8 Å². The molecular formula is C19H27F3N2O3. The van der Waals surface area contributed by atoms with E-state index in [2.05, 4.69) is 0 Å². The number of Topliss-reactive ketones (excluding diaryl/α,β-unsaturated/α-hetero) is 1. The number of hydrogen-bond acceptors (Lipinski definition) is 4. The van der Waals surface area contributed by atoms with Crippen LogP contribution in [0.3, 0.4) is 0 Å². The van der Waals surface area contributed by atoms with Gasteiger partial charge in [0.05, 0.1) is 0 Å². The minimum atomic E-state index is -4.84. The van der Waals surface area contributed by atoms with Gasteiger partial charge in [0.1, 0.15) is 5.60 Å². The number of carbonyl (C=O) groups excluding carboxylic acids is 2. The first-order chi connectivity index (χ1) is 12.4. The second-order valence-corrected chi connectivity index (χ2v) is 8.77. The Bertz CT molecular complexity index is 650. The van der Waals surface area contributed by atoms with Crippen LogP contribution in [0.5, 0.6) is 0 Å². The van der Waals surface area contributed by atoms with E-state index in [9.17, 15) is 22.8 Å². The third-order valence-corrected chi connectivity index (χ3v) is 5.68. The van der Waals surface area contributed by atoms with Gasteiger partial charge in [-0.25, -0.2) is 4.79 Å². The summed E-state index contributed by atoms with van der Waals surface area (Å²) >= 11 is 0. The third-order valence-electron chi connectivity index (χ3n) is 5.68. The van der Waals surface area contributed by atoms with Gasteiger partial charge >= 0.3 is 12.3 Å². The summed E-state index contributed by atoms with van der Waals surface area (Å²) in [5, 5.41) is 0. The van der Waals surface area contributed by atoms with Crippen LogP contribution < -0.4 is 0 Å². The molecule has 0 aromatic heterocycles. The molecule has 5 nitrogen and oxygen atoms in total. The van der Waals surface area contributed by atoms with Gasteiger partial charge in [0.2, 0.25) is 0 Å². The fourth-order valence-electron chi connectivity index (χ4n) is 4.44. The van der Waals surface area contributed by atoms with Gasteiger partial charge in [-0.15, -0.1) is 0 Å². The van der Waals surface area contributed by atoms with Gasteiger partial charge in [-0.05, 0) is 40.0 Å². The molecule has 0 atom stereocenters. The Balaban J connectivity index is 1.72. The number of hydrogen-bond donors (Lipinski definition) is 0. The summed E-state index contributed by atoms with van der Waals surface area (Å²) in [5.74, 6) is -1.68. The van der Waals surface area contributed by atoms with Crippen molar-refractivity contribution in [1.29, 1.82) is 0 Å². The van der Waals surface area contributed by atoms with Crippen LogP contribution in [0.15, 0.2) is 11.3 Å². The Morgan fingerprint density at radius 1 is 1.00 bits per heavy atom. The van der Waals surface area contributed by atoms with E-state index in [1.54, 1.807) is 25.7 Å². The minimum Gasteiger partial charge on any atom is -0.444 e. The van der Waals surface area contributed by atoms with Gasteiger partial charge in [0, 0.05) is 42.9 Å². The van der Waals surface area contributed by atoms with Crippen molar-refractivity contribution in [1.82, 2.24) is 9.80 Å². The molecule has 0 bridgehead atoms. The van der Waals surface area contributed by atoms with Crippen molar-refractivity contribution < 1.29 is 27.5 Å². The molecule has 27 heavy (non-hydrogen) atoms. The third kappa shape index (κ3) is 3.94. The van der Waals surface area contributed by atoms with Crippen LogP contribution in [0.25, 0.3) is 0 Å². The lowest BCUT2D eigenvalue weighted by molar-refractivity contribution is -0.169. The maximum Gasteiger partial charge on any atom is 0.454 e. The molecule has 0 radical (unpaired) electrons. The Labute approximate surface area is 157 Å². The van der Waals surface area contributed by atoms with Crippen LogP contribution in [-0.2, 0) is 9.53 Å².